The molecule has 2 nitrogen and oxygen atoms in total. The smallest absolute Gasteiger partial charge is 0.0410 e. The normalized spacial score (nSPS) is 22.3. The van der Waals surface area contributed by atoms with E-state index in [9.17, 15) is 0 Å². The van der Waals surface area contributed by atoms with Gasteiger partial charge in [0.05, 0.1) is 0 Å². The molecule has 2 unspecified atom stereocenters. The predicted molar refractivity (Wildman–Crippen MR) is 61.1 cm³/mol. The first-order valence-corrected chi connectivity index (χ1v) is 5.23. The average molecular weight is 211 g/mol. The van der Waals surface area contributed by atoms with Crippen molar-refractivity contribution in [2.24, 2.45) is 5.73 Å². The van der Waals surface area contributed by atoms with Gasteiger partial charge in [-0.1, -0.05) is 11.6 Å². The summed E-state index contributed by atoms with van der Waals surface area (Å²) >= 11 is 5.98. The number of hydrogen-bond donors (Lipinski definition) is 1. The van der Waals surface area contributed by atoms with Crippen molar-refractivity contribution in [3.8, 4) is 0 Å². The van der Waals surface area contributed by atoms with E-state index in [1.807, 2.05) is 12.1 Å². The lowest BCUT2D eigenvalue weighted by Gasteiger charge is -2.15. The van der Waals surface area contributed by atoms with Crippen LogP contribution in [0.1, 0.15) is 18.4 Å². The Bertz CT molecular complexity index is 349. The molecule has 1 aromatic carbocycles. The third-order valence-electron chi connectivity index (χ3n) is 2.91. The molecule has 1 aliphatic heterocycles. The van der Waals surface area contributed by atoms with Gasteiger partial charge >= 0.3 is 0 Å². The Kier molecular flexibility index (Phi) is 2.41. The summed E-state index contributed by atoms with van der Waals surface area (Å²) in [6.07, 6.45) is 0. The third kappa shape index (κ3) is 1.49. The summed E-state index contributed by atoms with van der Waals surface area (Å²) in [5, 5.41) is 0.796. The number of fused-ring (bicyclic) bond motifs is 1. The highest BCUT2D eigenvalue weighted by atomic mass is 35.5. The van der Waals surface area contributed by atoms with E-state index in [-0.39, 0.29) is 6.04 Å². The van der Waals surface area contributed by atoms with E-state index < -0.39 is 0 Å². The molecular weight excluding hydrogens is 196 g/mol. The van der Waals surface area contributed by atoms with E-state index in [0.717, 1.165) is 11.6 Å². The molecule has 2 N–H and O–H groups in total. The summed E-state index contributed by atoms with van der Waals surface area (Å²) in [5.74, 6) is 0.411. The number of nitrogens with two attached hydrogens (primary N) is 1. The molecule has 0 aliphatic carbocycles. The van der Waals surface area contributed by atoms with Gasteiger partial charge in [0.1, 0.15) is 0 Å². The quantitative estimate of drug-likeness (QED) is 0.770. The van der Waals surface area contributed by atoms with Crippen molar-refractivity contribution in [2.45, 2.75) is 18.9 Å². The third-order valence-corrected chi connectivity index (χ3v) is 3.14. The van der Waals surface area contributed by atoms with Crippen LogP contribution in [-0.2, 0) is 0 Å². The minimum absolute atomic E-state index is 0.178. The topological polar surface area (TPSA) is 29.3 Å². The van der Waals surface area contributed by atoms with E-state index in [4.69, 9.17) is 17.3 Å². The minimum Gasteiger partial charge on any atom is -0.374 e. The molecule has 0 radical (unpaired) electrons. The minimum atomic E-state index is 0.178. The van der Waals surface area contributed by atoms with Gasteiger partial charge in [0.15, 0.2) is 0 Å². The molecule has 14 heavy (non-hydrogen) atoms. The molecule has 2 rings (SSSR count). The lowest BCUT2D eigenvalue weighted by Crippen LogP contribution is -2.28. The van der Waals surface area contributed by atoms with Crippen LogP contribution in [0, 0.1) is 0 Å². The van der Waals surface area contributed by atoms with Gasteiger partial charge in [-0.05, 0) is 30.7 Å². The molecule has 0 spiro atoms. The van der Waals surface area contributed by atoms with Crippen molar-refractivity contribution in [1.82, 2.24) is 0 Å². The summed E-state index contributed by atoms with van der Waals surface area (Å²) in [6.45, 7) is 3.04. The first-order chi connectivity index (χ1) is 6.59. The molecule has 3 heteroatoms. The summed E-state index contributed by atoms with van der Waals surface area (Å²) in [4.78, 5) is 2.24. The summed E-state index contributed by atoms with van der Waals surface area (Å²) in [6, 6.07) is 6.21. The number of hydrogen-bond acceptors (Lipinski definition) is 2. The van der Waals surface area contributed by atoms with E-state index >= 15 is 0 Å². The highest BCUT2D eigenvalue weighted by Gasteiger charge is 2.28. The second-order valence-corrected chi connectivity index (χ2v) is 4.49. The molecule has 0 fully saturated rings. The second-order valence-electron chi connectivity index (χ2n) is 4.05. The second kappa shape index (κ2) is 3.44. The standard InChI is InChI=1S/C11H15ClN2/c1-7(13)10-6-14(2)11-4-3-8(12)5-9(10)11/h3-5,7,10H,6,13H2,1-2H3. The zero-order chi connectivity index (χ0) is 10.3. The zero-order valence-electron chi connectivity index (χ0n) is 8.50. The van der Waals surface area contributed by atoms with Gasteiger partial charge in [-0.2, -0.15) is 0 Å². The lowest BCUT2D eigenvalue weighted by molar-refractivity contribution is 0.593. The van der Waals surface area contributed by atoms with Gasteiger partial charge in [-0.15, -0.1) is 0 Å². The Balaban J connectivity index is 2.45. The molecule has 0 aromatic heterocycles. The van der Waals surface area contributed by atoms with Gasteiger partial charge in [0.2, 0.25) is 0 Å². The van der Waals surface area contributed by atoms with E-state index in [0.29, 0.717) is 5.92 Å². The SMILES string of the molecule is CC(N)C1CN(C)c2ccc(Cl)cc21. The van der Waals surface area contributed by atoms with E-state index in [1.165, 1.54) is 11.3 Å². The number of anilines is 1. The Morgan fingerprint density at radius 2 is 2.29 bits per heavy atom. The van der Waals surface area contributed by atoms with Crippen LogP contribution in [0.25, 0.3) is 0 Å². The van der Waals surface area contributed by atoms with Gasteiger partial charge < -0.3 is 10.6 Å². The summed E-state index contributed by atoms with van der Waals surface area (Å²) in [5.41, 5.74) is 8.50. The fraction of sp³-hybridized carbons (Fsp3) is 0.455. The lowest BCUT2D eigenvalue weighted by atomic mass is 9.95. The van der Waals surface area contributed by atoms with Crippen molar-refractivity contribution < 1.29 is 0 Å². The predicted octanol–water partition coefficient (Wildman–Crippen LogP) is 2.22. The Morgan fingerprint density at radius 1 is 1.57 bits per heavy atom. The molecule has 0 amide bonds. The fourth-order valence-electron chi connectivity index (χ4n) is 2.11. The highest BCUT2D eigenvalue weighted by molar-refractivity contribution is 6.30. The molecule has 0 saturated heterocycles. The van der Waals surface area contributed by atoms with Crippen LogP contribution in [-0.4, -0.2) is 19.6 Å². The maximum atomic E-state index is 5.98. The van der Waals surface area contributed by atoms with Gasteiger partial charge in [-0.25, -0.2) is 0 Å². The van der Waals surface area contributed by atoms with Crippen LogP contribution in [0.15, 0.2) is 18.2 Å². The van der Waals surface area contributed by atoms with Crippen molar-refractivity contribution in [2.75, 3.05) is 18.5 Å². The van der Waals surface area contributed by atoms with Crippen LogP contribution < -0.4 is 10.6 Å². The molecule has 2 atom stereocenters. The zero-order valence-corrected chi connectivity index (χ0v) is 9.25. The van der Waals surface area contributed by atoms with Crippen LogP contribution in [0.2, 0.25) is 5.02 Å². The highest BCUT2D eigenvalue weighted by Crippen LogP contribution is 2.37. The molecule has 1 aromatic rings. The van der Waals surface area contributed by atoms with Crippen LogP contribution in [0.5, 0.6) is 0 Å². The number of rotatable bonds is 1. The van der Waals surface area contributed by atoms with E-state index in [2.05, 4.69) is 24.9 Å². The van der Waals surface area contributed by atoms with Crippen molar-refractivity contribution in [1.29, 1.82) is 0 Å². The van der Waals surface area contributed by atoms with Crippen molar-refractivity contribution >= 4 is 17.3 Å². The largest absolute Gasteiger partial charge is 0.374 e. The maximum Gasteiger partial charge on any atom is 0.0410 e. The Morgan fingerprint density at radius 3 is 2.93 bits per heavy atom. The number of benzene rings is 1. The molecular formula is C11H15ClN2. The molecule has 0 bridgehead atoms. The molecule has 1 heterocycles. The van der Waals surface area contributed by atoms with Crippen LogP contribution >= 0.6 is 11.6 Å². The number of likely N-dealkylation sites (N-methyl/N-ethyl adjacent to an activating group) is 1. The Labute approximate surface area is 89.7 Å². The molecule has 1 aliphatic rings. The molecule has 0 saturated carbocycles. The number of halogens is 1. The summed E-state index contributed by atoms with van der Waals surface area (Å²) < 4.78 is 0. The molecule has 76 valence electrons. The Hall–Kier alpha value is -0.730. The van der Waals surface area contributed by atoms with E-state index in [1.54, 1.807) is 0 Å². The number of nitrogens with zero attached hydrogens (tertiary/aromatic N) is 1. The maximum absolute atomic E-state index is 5.98. The van der Waals surface area contributed by atoms with Crippen molar-refractivity contribution in [3.63, 3.8) is 0 Å². The first-order valence-electron chi connectivity index (χ1n) is 4.86. The fourth-order valence-corrected chi connectivity index (χ4v) is 2.29. The first kappa shape index (κ1) is 9.81. The van der Waals surface area contributed by atoms with Crippen molar-refractivity contribution in [3.05, 3.63) is 28.8 Å². The summed E-state index contributed by atoms with van der Waals surface area (Å²) in [7, 11) is 2.09. The van der Waals surface area contributed by atoms with Gasteiger partial charge in [0.25, 0.3) is 0 Å². The van der Waals surface area contributed by atoms with Gasteiger partial charge in [0, 0.05) is 36.3 Å². The van der Waals surface area contributed by atoms with Gasteiger partial charge in [-0.3, -0.25) is 0 Å². The van der Waals surface area contributed by atoms with Crippen LogP contribution in [0.3, 0.4) is 0 Å². The average Bonchev–Trinajstić information content (AvgIpc) is 2.43. The van der Waals surface area contributed by atoms with Crippen LogP contribution in [0.4, 0.5) is 5.69 Å². The monoisotopic (exact) mass is 210 g/mol.